The van der Waals surface area contributed by atoms with E-state index < -0.39 is 6.10 Å². The Kier molecular flexibility index (Phi) is 6.89. The Morgan fingerprint density at radius 1 is 1.21 bits per heavy atom. The summed E-state index contributed by atoms with van der Waals surface area (Å²) in [5.74, 6) is 1.53. The van der Waals surface area contributed by atoms with Crippen LogP contribution in [0.5, 0.6) is 5.75 Å². The van der Waals surface area contributed by atoms with Crippen LogP contribution in [-0.2, 0) is 11.3 Å². The average Bonchev–Trinajstić information content (AvgIpc) is 2.37. The Morgan fingerprint density at radius 3 is 2.53 bits per heavy atom. The zero-order valence-corrected chi connectivity index (χ0v) is 12.5. The molecule has 1 aromatic carbocycles. The highest BCUT2D eigenvalue weighted by molar-refractivity contribution is 5.37. The first-order valence-electron chi connectivity index (χ1n) is 6.97. The SMILES string of the molecule is COc1ccc(C(C)O)cc1COCCCC(C)C. The van der Waals surface area contributed by atoms with Crippen molar-refractivity contribution < 1.29 is 14.6 Å². The molecule has 0 aliphatic heterocycles. The van der Waals surface area contributed by atoms with Crippen LogP contribution >= 0.6 is 0 Å². The van der Waals surface area contributed by atoms with E-state index in [1.807, 2.05) is 18.2 Å². The van der Waals surface area contributed by atoms with Crippen molar-refractivity contribution in [2.75, 3.05) is 13.7 Å². The molecule has 0 radical (unpaired) electrons. The van der Waals surface area contributed by atoms with Gasteiger partial charge in [-0.25, -0.2) is 0 Å². The zero-order chi connectivity index (χ0) is 14.3. The molecule has 0 saturated carbocycles. The fourth-order valence-electron chi connectivity index (χ4n) is 1.95. The van der Waals surface area contributed by atoms with Gasteiger partial charge in [-0.15, -0.1) is 0 Å². The number of methoxy groups -OCH3 is 1. The monoisotopic (exact) mass is 266 g/mol. The summed E-state index contributed by atoms with van der Waals surface area (Å²) >= 11 is 0. The van der Waals surface area contributed by atoms with E-state index in [4.69, 9.17) is 9.47 Å². The topological polar surface area (TPSA) is 38.7 Å². The van der Waals surface area contributed by atoms with Crippen molar-refractivity contribution >= 4 is 0 Å². The maximum absolute atomic E-state index is 9.60. The summed E-state index contributed by atoms with van der Waals surface area (Å²) in [4.78, 5) is 0. The molecule has 0 spiro atoms. The van der Waals surface area contributed by atoms with Gasteiger partial charge in [0.1, 0.15) is 5.75 Å². The lowest BCUT2D eigenvalue weighted by Crippen LogP contribution is -2.01. The molecule has 0 aliphatic rings. The van der Waals surface area contributed by atoms with Gasteiger partial charge in [0.25, 0.3) is 0 Å². The van der Waals surface area contributed by atoms with E-state index in [1.165, 1.54) is 6.42 Å². The van der Waals surface area contributed by atoms with E-state index in [1.54, 1.807) is 14.0 Å². The van der Waals surface area contributed by atoms with Crippen LogP contribution in [0, 0.1) is 5.92 Å². The van der Waals surface area contributed by atoms with Crippen LogP contribution in [0.4, 0.5) is 0 Å². The molecular formula is C16H26O3. The summed E-state index contributed by atoms with van der Waals surface area (Å²) in [7, 11) is 1.65. The normalized spacial score (nSPS) is 12.7. The van der Waals surface area contributed by atoms with Gasteiger partial charge in [0, 0.05) is 12.2 Å². The first-order valence-corrected chi connectivity index (χ1v) is 6.97. The highest BCUT2D eigenvalue weighted by atomic mass is 16.5. The van der Waals surface area contributed by atoms with Crippen LogP contribution in [0.2, 0.25) is 0 Å². The molecule has 19 heavy (non-hydrogen) atoms. The van der Waals surface area contributed by atoms with Crippen molar-refractivity contribution in [3.05, 3.63) is 29.3 Å². The summed E-state index contributed by atoms with van der Waals surface area (Å²) < 4.78 is 11.0. The van der Waals surface area contributed by atoms with Crippen molar-refractivity contribution in [2.24, 2.45) is 5.92 Å². The van der Waals surface area contributed by atoms with Gasteiger partial charge in [0.15, 0.2) is 0 Å². The largest absolute Gasteiger partial charge is 0.496 e. The van der Waals surface area contributed by atoms with E-state index in [-0.39, 0.29) is 0 Å². The number of hydrogen-bond donors (Lipinski definition) is 1. The lowest BCUT2D eigenvalue weighted by Gasteiger charge is -2.13. The molecule has 3 nitrogen and oxygen atoms in total. The standard InChI is InChI=1S/C16H26O3/c1-12(2)6-5-9-19-11-15-10-14(13(3)17)7-8-16(15)18-4/h7-8,10,12-13,17H,5-6,9,11H2,1-4H3. The van der Waals surface area contributed by atoms with Gasteiger partial charge in [-0.3, -0.25) is 0 Å². The summed E-state index contributed by atoms with van der Waals surface area (Å²) in [6.07, 6.45) is 1.80. The van der Waals surface area contributed by atoms with Gasteiger partial charge in [-0.1, -0.05) is 19.9 Å². The van der Waals surface area contributed by atoms with Gasteiger partial charge in [-0.2, -0.15) is 0 Å². The van der Waals surface area contributed by atoms with E-state index in [9.17, 15) is 5.11 Å². The number of benzene rings is 1. The van der Waals surface area contributed by atoms with Crippen molar-refractivity contribution in [3.63, 3.8) is 0 Å². The number of ether oxygens (including phenoxy) is 2. The molecule has 0 amide bonds. The highest BCUT2D eigenvalue weighted by Crippen LogP contribution is 2.24. The molecule has 0 bridgehead atoms. The molecule has 1 unspecified atom stereocenters. The van der Waals surface area contributed by atoms with Crippen LogP contribution in [0.1, 0.15) is 50.8 Å². The second-order valence-corrected chi connectivity index (χ2v) is 5.34. The minimum Gasteiger partial charge on any atom is -0.496 e. The lowest BCUT2D eigenvalue weighted by molar-refractivity contribution is 0.113. The maximum atomic E-state index is 9.60. The van der Waals surface area contributed by atoms with Crippen LogP contribution in [0.25, 0.3) is 0 Å². The van der Waals surface area contributed by atoms with E-state index in [2.05, 4.69) is 13.8 Å². The smallest absolute Gasteiger partial charge is 0.124 e. The van der Waals surface area contributed by atoms with Crippen LogP contribution in [0.3, 0.4) is 0 Å². The number of aliphatic hydroxyl groups excluding tert-OH is 1. The van der Waals surface area contributed by atoms with E-state index >= 15 is 0 Å². The van der Waals surface area contributed by atoms with Gasteiger partial charge >= 0.3 is 0 Å². The maximum Gasteiger partial charge on any atom is 0.124 e. The Bertz CT molecular complexity index is 372. The van der Waals surface area contributed by atoms with Crippen LogP contribution in [-0.4, -0.2) is 18.8 Å². The second kappa shape index (κ2) is 8.18. The third kappa shape index (κ3) is 5.62. The average molecular weight is 266 g/mol. The fourth-order valence-corrected chi connectivity index (χ4v) is 1.95. The Morgan fingerprint density at radius 2 is 1.95 bits per heavy atom. The van der Waals surface area contributed by atoms with Crippen molar-refractivity contribution in [2.45, 2.75) is 46.3 Å². The first kappa shape index (κ1) is 16.0. The number of rotatable bonds is 8. The third-order valence-corrected chi connectivity index (χ3v) is 3.11. The molecule has 0 aliphatic carbocycles. The third-order valence-electron chi connectivity index (χ3n) is 3.11. The van der Waals surface area contributed by atoms with Gasteiger partial charge in [0.2, 0.25) is 0 Å². The van der Waals surface area contributed by atoms with Crippen molar-refractivity contribution in [1.82, 2.24) is 0 Å². The molecule has 1 rings (SSSR count). The Labute approximate surface area is 116 Å². The Hall–Kier alpha value is -1.06. The van der Waals surface area contributed by atoms with Crippen LogP contribution in [0.15, 0.2) is 18.2 Å². The minimum absolute atomic E-state index is 0.467. The fraction of sp³-hybridized carbons (Fsp3) is 0.625. The lowest BCUT2D eigenvalue weighted by atomic mass is 10.1. The molecular weight excluding hydrogens is 240 g/mol. The summed E-state index contributed by atoms with van der Waals surface area (Å²) in [5.41, 5.74) is 1.88. The minimum atomic E-state index is -0.467. The highest BCUT2D eigenvalue weighted by Gasteiger charge is 2.08. The Balaban J connectivity index is 2.53. The number of hydrogen-bond acceptors (Lipinski definition) is 3. The summed E-state index contributed by atoms with van der Waals surface area (Å²) in [5, 5.41) is 9.60. The van der Waals surface area contributed by atoms with Gasteiger partial charge in [0.05, 0.1) is 19.8 Å². The number of aliphatic hydroxyl groups is 1. The van der Waals surface area contributed by atoms with E-state index in [0.29, 0.717) is 6.61 Å². The molecule has 0 heterocycles. The van der Waals surface area contributed by atoms with Gasteiger partial charge in [-0.05, 0) is 43.4 Å². The van der Waals surface area contributed by atoms with Crippen LogP contribution < -0.4 is 4.74 Å². The molecule has 108 valence electrons. The zero-order valence-electron chi connectivity index (χ0n) is 12.5. The van der Waals surface area contributed by atoms with Crippen molar-refractivity contribution in [1.29, 1.82) is 0 Å². The van der Waals surface area contributed by atoms with Gasteiger partial charge < -0.3 is 14.6 Å². The summed E-state index contributed by atoms with van der Waals surface area (Å²) in [6.45, 7) is 7.49. The molecule has 3 heteroatoms. The predicted octanol–water partition coefficient (Wildman–Crippen LogP) is 3.70. The second-order valence-electron chi connectivity index (χ2n) is 5.34. The molecule has 0 aromatic heterocycles. The molecule has 1 aromatic rings. The quantitative estimate of drug-likeness (QED) is 0.729. The first-order chi connectivity index (χ1) is 9.04. The molecule has 0 fully saturated rings. The van der Waals surface area contributed by atoms with E-state index in [0.717, 1.165) is 35.8 Å². The molecule has 1 N–H and O–H groups in total. The summed E-state index contributed by atoms with van der Waals surface area (Å²) in [6, 6.07) is 5.71. The molecule has 0 saturated heterocycles. The van der Waals surface area contributed by atoms with Crippen molar-refractivity contribution in [3.8, 4) is 5.75 Å². The molecule has 1 atom stereocenters. The predicted molar refractivity (Wildman–Crippen MR) is 77.4 cm³/mol.